The van der Waals surface area contributed by atoms with Gasteiger partial charge in [-0.3, -0.25) is 5.43 Å². The van der Waals surface area contributed by atoms with Crippen molar-refractivity contribution >= 4 is 11.8 Å². The van der Waals surface area contributed by atoms with Gasteiger partial charge < -0.3 is 5.32 Å². The van der Waals surface area contributed by atoms with Crippen LogP contribution in [0.2, 0.25) is 0 Å². The Morgan fingerprint density at radius 3 is 2.53 bits per heavy atom. The van der Waals surface area contributed by atoms with Crippen molar-refractivity contribution in [1.82, 2.24) is 9.97 Å². The van der Waals surface area contributed by atoms with Gasteiger partial charge in [-0.15, -0.1) is 0 Å². The molecular formula is C9H12F3N5. The second-order valence-corrected chi connectivity index (χ2v) is 4.07. The summed E-state index contributed by atoms with van der Waals surface area (Å²) in [4.78, 5) is 7.08. The number of nitrogens with two attached hydrogens (primary N) is 1. The number of halogens is 3. The molecule has 1 fully saturated rings. The van der Waals surface area contributed by atoms with Crippen LogP contribution in [0, 0.1) is 5.92 Å². The quantitative estimate of drug-likeness (QED) is 0.558. The van der Waals surface area contributed by atoms with Crippen LogP contribution in [0.1, 0.15) is 19.0 Å². The van der Waals surface area contributed by atoms with Gasteiger partial charge in [-0.1, -0.05) is 6.92 Å². The van der Waals surface area contributed by atoms with Crippen LogP contribution in [0.25, 0.3) is 0 Å². The lowest BCUT2D eigenvalue weighted by atomic mass is 10.3. The zero-order valence-corrected chi connectivity index (χ0v) is 9.04. The van der Waals surface area contributed by atoms with Crippen LogP contribution in [0.5, 0.6) is 0 Å². The van der Waals surface area contributed by atoms with E-state index in [4.69, 9.17) is 5.84 Å². The SMILES string of the molecule is CC1CC1Nc1cc(C(F)(F)F)nc(NN)n1. The minimum atomic E-state index is -4.51. The lowest BCUT2D eigenvalue weighted by molar-refractivity contribution is -0.141. The monoisotopic (exact) mass is 247 g/mol. The van der Waals surface area contributed by atoms with Crippen molar-refractivity contribution in [1.29, 1.82) is 0 Å². The van der Waals surface area contributed by atoms with Crippen molar-refractivity contribution in [3.8, 4) is 0 Å². The molecule has 2 unspecified atom stereocenters. The fourth-order valence-electron chi connectivity index (χ4n) is 1.44. The highest BCUT2D eigenvalue weighted by molar-refractivity contribution is 5.44. The molecule has 5 nitrogen and oxygen atoms in total. The normalized spacial score (nSPS) is 23.4. The number of hydrazine groups is 1. The highest BCUT2D eigenvalue weighted by Gasteiger charge is 2.36. The first kappa shape index (κ1) is 11.9. The van der Waals surface area contributed by atoms with E-state index < -0.39 is 11.9 Å². The Balaban J connectivity index is 2.25. The second kappa shape index (κ2) is 4.02. The lowest BCUT2D eigenvalue weighted by Gasteiger charge is -2.11. The zero-order chi connectivity index (χ0) is 12.6. The summed E-state index contributed by atoms with van der Waals surface area (Å²) in [6.07, 6.45) is -3.59. The van der Waals surface area contributed by atoms with Gasteiger partial charge in [0.1, 0.15) is 5.82 Å². The summed E-state index contributed by atoms with van der Waals surface area (Å²) in [7, 11) is 0. The molecule has 0 aromatic carbocycles. The predicted molar refractivity (Wildman–Crippen MR) is 56.0 cm³/mol. The van der Waals surface area contributed by atoms with Gasteiger partial charge in [-0.2, -0.15) is 18.2 Å². The Morgan fingerprint density at radius 2 is 2.06 bits per heavy atom. The van der Waals surface area contributed by atoms with Crippen LogP contribution < -0.4 is 16.6 Å². The van der Waals surface area contributed by atoms with Gasteiger partial charge in [0.15, 0.2) is 5.69 Å². The molecule has 0 radical (unpaired) electrons. The Morgan fingerprint density at radius 1 is 1.41 bits per heavy atom. The van der Waals surface area contributed by atoms with Gasteiger partial charge >= 0.3 is 6.18 Å². The maximum Gasteiger partial charge on any atom is 0.433 e. The number of nitrogen functional groups attached to an aromatic ring is 1. The topological polar surface area (TPSA) is 75.9 Å². The molecule has 4 N–H and O–H groups in total. The molecule has 1 aliphatic carbocycles. The Labute approximate surface area is 95.6 Å². The number of hydrogen-bond donors (Lipinski definition) is 3. The molecule has 2 atom stereocenters. The number of rotatable bonds is 3. The molecule has 1 saturated carbocycles. The van der Waals surface area contributed by atoms with E-state index in [2.05, 4.69) is 15.3 Å². The van der Waals surface area contributed by atoms with Gasteiger partial charge in [-0.05, 0) is 12.3 Å². The molecule has 1 aromatic heterocycles. The maximum atomic E-state index is 12.5. The van der Waals surface area contributed by atoms with Crippen LogP contribution in [0.4, 0.5) is 24.9 Å². The van der Waals surface area contributed by atoms with E-state index in [1.54, 1.807) is 0 Å². The fourth-order valence-corrected chi connectivity index (χ4v) is 1.44. The van der Waals surface area contributed by atoms with Crippen molar-refractivity contribution in [2.45, 2.75) is 25.6 Å². The first-order chi connectivity index (χ1) is 7.90. The smallest absolute Gasteiger partial charge is 0.367 e. The third kappa shape index (κ3) is 2.76. The van der Waals surface area contributed by atoms with Crippen LogP contribution >= 0.6 is 0 Å². The molecule has 1 aliphatic rings. The highest BCUT2D eigenvalue weighted by atomic mass is 19.4. The van der Waals surface area contributed by atoms with Gasteiger partial charge in [0.2, 0.25) is 5.95 Å². The Bertz CT molecular complexity index is 420. The third-order valence-electron chi connectivity index (χ3n) is 2.59. The van der Waals surface area contributed by atoms with Gasteiger partial charge in [-0.25, -0.2) is 10.8 Å². The number of anilines is 2. The molecule has 2 rings (SSSR count). The summed E-state index contributed by atoms with van der Waals surface area (Å²) in [6, 6.07) is 1.06. The van der Waals surface area contributed by atoms with E-state index in [1.807, 2.05) is 12.3 Å². The molecule has 8 heteroatoms. The van der Waals surface area contributed by atoms with E-state index in [0.717, 1.165) is 12.5 Å². The average molecular weight is 247 g/mol. The largest absolute Gasteiger partial charge is 0.433 e. The summed E-state index contributed by atoms with van der Waals surface area (Å²) in [5.41, 5.74) is 1.01. The number of nitrogens with zero attached hydrogens (tertiary/aromatic N) is 2. The first-order valence-electron chi connectivity index (χ1n) is 5.09. The third-order valence-corrected chi connectivity index (χ3v) is 2.59. The van der Waals surface area contributed by atoms with Crippen LogP contribution in [-0.2, 0) is 6.18 Å². The standard InChI is InChI=1S/C9H12F3N5/c1-4-2-5(4)14-7-3-6(9(10,11)12)15-8(16-7)17-13/h3-5H,2,13H2,1H3,(H2,14,15,16,17). The minimum absolute atomic E-state index is 0.134. The summed E-state index contributed by atoms with van der Waals surface area (Å²) in [6.45, 7) is 2.01. The summed E-state index contributed by atoms with van der Waals surface area (Å²) in [5.74, 6) is 5.37. The zero-order valence-electron chi connectivity index (χ0n) is 9.04. The first-order valence-corrected chi connectivity index (χ1v) is 5.09. The van der Waals surface area contributed by atoms with E-state index >= 15 is 0 Å². The minimum Gasteiger partial charge on any atom is -0.367 e. The van der Waals surface area contributed by atoms with Crippen LogP contribution in [0.15, 0.2) is 6.07 Å². The molecule has 1 heterocycles. The Hall–Kier alpha value is -1.57. The summed E-state index contributed by atoms with van der Waals surface area (Å²) >= 11 is 0. The molecule has 1 aromatic rings. The van der Waals surface area contributed by atoms with E-state index in [0.29, 0.717) is 5.92 Å². The van der Waals surface area contributed by atoms with E-state index in [9.17, 15) is 13.2 Å². The van der Waals surface area contributed by atoms with Gasteiger partial charge in [0.05, 0.1) is 0 Å². The maximum absolute atomic E-state index is 12.5. The van der Waals surface area contributed by atoms with Crippen molar-refractivity contribution in [2.24, 2.45) is 11.8 Å². The Kier molecular flexibility index (Phi) is 2.82. The molecule has 0 aliphatic heterocycles. The van der Waals surface area contributed by atoms with Crippen molar-refractivity contribution in [3.05, 3.63) is 11.8 Å². The lowest BCUT2D eigenvalue weighted by Crippen LogP contribution is -2.17. The average Bonchev–Trinajstić information content (AvgIpc) is 2.92. The summed E-state index contributed by atoms with van der Waals surface area (Å²) in [5, 5.41) is 2.91. The van der Waals surface area contributed by atoms with Crippen molar-refractivity contribution in [2.75, 3.05) is 10.7 Å². The molecule has 0 spiro atoms. The van der Waals surface area contributed by atoms with Crippen molar-refractivity contribution in [3.63, 3.8) is 0 Å². The summed E-state index contributed by atoms with van der Waals surface area (Å²) < 4.78 is 37.6. The predicted octanol–water partition coefficient (Wildman–Crippen LogP) is 1.60. The van der Waals surface area contributed by atoms with Crippen molar-refractivity contribution < 1.29 is 13.2 Å². The molecule has 94 valence electrons. The molecule has 0 amide bonds. The van der Waals surface area contributed by atoms with Gasteiger partial charge in [0.25, 0.3) is 0 Å². The fraction of sp³-hybridized carbons (Fsp3) is 0.556. The number of nitrogens with one attached hydrogen (secondary N) is 2. The van der Waals surface area contributed by atoms with E-state index in [-0.39, 0.29) is 17.8 Å². The molecule has 17 heavy (non-hydrogen) atoms. The van der Waals surface area contributed by atoms with Gasteiger partial charge in [0, 0.05) is 12.1 Å². The second-order valence-electron chi connectivity index (χ2n) is 4.07. The molecule has 0 saturated heterocycles. The number of hydrogen-bond acceptors (Lipinski definition) is 5. The molecule has 0 bridgehead atoms. The van der Waals surface area contributed by atoms with Crippen LogP contribution in [-0.4, -0.2) is 16.0 Å². The van der Waals surface area contributed by atoms with Crippen LogP contribution in [0.3, 0.4) is 0 Å². The highest BCUT2D eigenvalue weighted by Crippen LogP contribution is 2.34. The van der Waals surface area contributed by atoms with E-state index in [1.165, 1.54) is 0 Å². The number of alkyl halides is 3. The molecular weight excluding hydrogens is 235 g/mol. The number of aromatic nitrogens is 2.